The molecule has 0 aliphatic rings. The van der Waals surface area contributed by atoms with Gasteiger partial charge in [-0.1, -0.05) is 27.8 Å². The Morgan fingerprint density at radius 1 is 0.674 bits per heavy atom. The van der Waals surface area contributed by atoms with E-state index in [-0.39, 0.29) is 18.5 Å². The maximum atomic E-state index is 11.4. The van der Waals surface area contributed by atoms with E-state index in [2.05, 4.69) is 37.6 Å². The number of halogens is 2. The van der Waals surface area contributed by atoms with E-state index in [0.717, 1.165) is 0 Å². The summed E-state index contributed by atoms with van der Waals surface area (Å²) in [4.78, 5) is 22.7. The summed E-state index contributed by atoms with van der Waals surface area (Å²) >= 11 is 4.86. The largest absolute Gasteiger partial charge is 0.460 e. The predicted molar refractivity (Wildman–Crippen MR) is 186 cm³/mol. The fourth-order valence-electron chi connectivity index (χ4n) is 2.38. The molecule has 0 aromatic rings. The average Bonchev–Trinajstić information content (AvgIpc) is 2.93. The van der Waals surface area contributed by atoms with Crippen LogP contribution in [0, 0.1) is 24.7 Å². The highest BCUT2D eigenvalue weighted by atomic mass is 127. The number of carbonyl (C=O) groups is 2. The third-order valence-corrected chi connectivity index (χ3v) is 4.12. The molecule has 0 atom stereocenters. The molecule has 1 N–H and O–H groups in total. The Morgan fingerprint density at radius 3 is 1.30 bits per heavy atom. The Bertz CT molecular complexity index is 701. The van der Waals surface area contributed by atoms with E-state index in [0.29, 0.717) is 97.1 Å². The van der Waals surface area contributed by atoms with Crippen LogP contribution in [0.1, 0.15) is 67.2 Å². The second-order valence-electron chi connectivity index (χ2n) is 10.1. The zero-order chi connectivity index (χ0) is 33.8. The van der Waals surface area contributed by atoms with Crippen LogP contribution >= 0.6 is 46.9 Å². The van der Waals surface area contributed by atoms with Crippen molar-refractivity contribution in [3.63, 3.8) is 0 Å². The number of alkyl halides is 1. The lowest BCUT2D eigenvalue weighted by Crippen LogP contribution is -2.23. The lowest BCUT2D eigenvalue weighted by molar-refractivity contribution is -0.156. The Morgan fingerprint density at radius 2 is 1.00 bits per heavy atom. The first-order valence-corrected chi connectivity index (χ1v) is 18.2. The van der Waals surface area contributed by atoms with Crippen LogP contribution in [-0.4, -0.2) is 106 Å². The minimum absolute atomic E-state index is 0.0264. The lowest BCUT2D eigenvalue weighted by Gasteiger charge is -2.19. The second kappa shape index (κ2) is 37.6. The van der Waals surface area contributed by atoms with E-state index in [9.17, 15) is 9.59 Å². The van der Waals surface area contributed by atoms with Gasteiger partial charge in [0.15, 0.2) is 0 Å². The highest BCUT2D eigenvalue weighted by molar-refractivity contribution is 14.2. The van der Waals surface area contributed by atoms with Crippen molar-refractivity contribution in [1.29, 1.82) is 0 Å². The number of thiol groups is 1. The maximum absolute atomic E-state index is 11.4. The van der Waals surface area contributed by atoms with Crippen LogP contribution in [0.5, 0.6) is 0 Å². The lowest BCUT2D eigenvalue weighted by atomic mass is 10.2. The van der Waals surface area contributed by atoms with Crippen LogP contribution in [0.3, 0.4) is 0 Å². The van der Waals surface area contributed by atoms with Crippen molar-refractivity contribution in [2.45, 2.75) is 78.4 Å². The molecule has 0 bridgehead atoms. The second-order valence-corrected chi connectivity index (χ2v) is 10.7. The van der Waals surface area contributed by atoms with Crippen molar-refractivity contribution in [3.8, 4) is 24.7 Å². The summed E-state index contributed by atoms with van der Waals surface area (Å²) in [6.07, 6.45) is 11.8. The Balaban J connectivity index is -0.000000301. The molecule has 43 heavy (non-hydrogen) atoms. The van der Waals surface area contributed by atoms with Gasteiger partial charge in [-0.25, -0.2) is 0 Å². The highest BCUT2D eigenvalue weighted by Crippen LogP contribution is 2.10. The molecule has 0 radical (unpaired) electrons. The quantitative estimate of drug-likeness (QED) is 0.0424. The van der Waals surface area contributed by atoms with E-state index >= 15 is 0 Å². The number of aliphatic hydroxyl groups excluding tert-OH is 1. The molecule has 0 heterocycles. The van der Waals surface area contributed by atoms with Crippen molar-refractivity contribution in [2.24, 2.45) is 0 Å². The normalized spacial score (nSPS) is 10.3. The first-order valence-electron chi connectivity index (χ1n) is 13.9. The molecule has 0 aliphatic carbocycles. The molecular weight excluding hydrogens is 759 g/mol. The SMILES string of the molecule is C#CCBr.C#CCOCCOCCOCCCC(=O)OC(C)(C)C.CC(C)(C)OC(=O)CCCOCCOCCO.SI. The number of terminal acetylenes is 2. The molecule has 0 amide bonds. The molecule has 0 saturated carbocycles. The number of esters is 2. The molecule has 0 rings (SSSR count). The van der Waals surface area contributed by atoms with Gasteiger partial charge in [0.1, 0.15) is 17.8 Å². The third kappa shape index (κ3) is 57.6. The minimum Gasteiger partial charge on any atom is -0.460 e. The van der Waals surface area contributed by atoms with Gasteiger partial charge in [0, 0.05) is 26.1 Å². The zero-order valence-corrected chi connectivity index (χ0v) is 31.4. The van der Waals surface area contributed by atoms with E-state index in [1.807, 2.05) is 62.7 Å². The average molecular weight is 814 g/mol. The van der Waals surface area contributed by atoms with Gasteiger partial charge in [0.25, 0.3) is 0 Å². The number of ether oxygens (including phenoxy) is 7. The van der Waals surface area contributed by atoms with Gasteiger partial charge in [-0.15, -0.1) is 22.6 Å². The van der Waals surface area contributed by atoms with E-state index < -0.39 is 11.2 Å². The highest BCUT2D eigenvalue weighted by Gasteiger charge is 2.16. The molecular formula is C30H54BrIO10S. The van der Waals surface area contributed by atoms with Gasteiger partial charge in [-0.05, 0) is 75.6 Å². The predicted octanol–water partition coefficient (Wildman–Crippen LogP) is 5.21. The van der Waals surface area contributed by atoms with Crippen LogP contribution in [0.15, 0.2) is 0 Å². The number of hydrogen-bond acceptors (Lipinski definition) is 11. The van der Waals surface area contributed by atoms with E-state index in [1.165, 1.54) is 0 Å². The molecule has 0 spiro atoms. The molecule has 0 aromatic heterocycles. The van der Waals surface area contributed by atoms with Gasteiger partial charge in [0.05, 0.1) is 58.2 Å². The molecule has 0 fully saturated rings. The Kier molecular flexibility index (Phi) is 43.0. The smallest absolute Gasteiger partial charge is 0.306 e. The standard InChI is InChI=1S/C15H26O5.C12H24O5.C3H3Br.HIS/c1-5-8-17-10-12-19-13-11-18-9-6-7-14(16)20-15(2,3)4;1-12(2,3)17-11(14)5-4-7-15-9-10-16-8-6-13;1-2-3-4;1-2/h1H,6-13H2,2-4H3;13H,4-10H2,1-3H3;1H,3H2;2H. The summed E-state index contributed by atoms with van der Waals surface area (Å²) in [6.45, 7) is 15.8. The summed E-state index contributed by atoms with van der Waals surface area (Å²) in [7, 11) is 3.50. The summed E-state index contributed by atoms with van der Waals surface area (Å²) in [5.74, 6) is 4.33. The fraction of sp³-hybridized carbons (Fsp3) is 0.800. The van der Waals surface area contributed by atoms with Crippen molar-refractivity contribution >= 4 is 58.9 Å². The molecule has 0 aromatic carbocycles. The first-order chi connectivity index (χ1) is 20.3. The minimum atomic E-state index is -0.423. The van der Waals surface area contributed by atoms with Gasteiger partial charge in [0.2, 0.25) is 0 Å². The monoisotopic (exact) mass is 812 g/mol. The molecule has 0 aliphatic heterocycles. The maximum Gasteiger partial charge on any atom is 0.306 e. The number of rotatable bonds is 20. The summed E-state index contributed by atoms with van der Waals surface area (Å²) in [6, 6.07) is 0. The first kappa shape index (κ1) is 49.3. The molecule has 13 heteroatoms. The van der Waals surface area contributed by atoms with Crippen molar-refractivity contribution in [1.82, 2.24) is 0 Å². The van der Waals surface area contributed by atoms with Crippen LogP contribution in [0.4, 0.5) is 0 Å². The van der Waals surface area contributed by atoms with Gasteiger partial charge >= 0.3 is 11.9 Å². The number of aliphatic hydroxyl groups is 1. The van der Waals surface area contributed by atoms with Crippen LogP contribution in [-0.2, 0) is 42.7 Å². The number of hydrogen-bond donors (Lipinski definition) is 2. The van der Waals surface area contributed by atoms with E-state index in [4.69, 9.17) is 51.1 Å². The van der Waals surface area contributed by atoms with Crippen molar-refractivity contribution < 1.29 is 47.9 Å². The molecule has 10 nitrogen and oxygen atoms in total. The van der Waals surface area contributed by atoms with Gasteiger partial charge < -0.3 is 38.3 Å². The topological polar surface area (TPSA) is 119 Å². The third-order valence-electron chi connectivity index (χ3n) is 3.79. The summed E-state index contributed by atoms with van der Waals surface area (Å²) in [5.41, 5.74) is -0.844. The Labute approximate surface area is 286 Å². The van der Waals surface area contributed by atoms with Crippen LogP contribution in [0.2, 0.25) is 0 Å². The molecule has 0 unspecified atom stereocenters. The Hall–Kier alpha value is -0.620. The molecule has 254 valence electrons. The van der Waals surface area contributed by atoms with Gasteiger partial charge in [-0.3, -0.25) is 9.59 Å². The van der Waals surface area contributed by atoms with Crippen molar-refractivity contribution in [3.05, 3.63) is 0 Å². The van der Waals surface area contributed by atoms with Crippen LogP contribution < -0.4 is 0 Å². The number of carbonyl (C=O) groups excluding carboxylic acids is 2. The summed E-state index contributed by atoms with van der Waals surface area (Å²) in [5, 5.41) is 9.10. The molecule has 0 saturated heterocycles. The van der Waals surface area contributed by atoms with Crippen LogP contribution in [0.25, 0.3) is 0 Å². The summed E-state index contributed by atoms with van der Waals surface area (Å²) < 4.78 is 36.2. The van der Waals surface area contributed by atoms with Gasteiger partial charge in [-0.2, -0.15) is 0 Å². The zero-order valence-electron chi connectivity index (χ0n) is 26.8. The van der Waals surface area contributed by atoms with E-state index in [1.54, 1.807) is 0 Å². The van der Waals surface area contributed by atoms with Crippen molar-refractivity contribution in [2.75, 3.05) is 78.0 Å². The fourth-order valence-corrected chi connectivity index (χ4v) is 2.38.